The van der Waals surface area contributed by atoms with E-state index in [-0.39, 0.29) is 18.2 Å². The Bertz CT molecular complexity index is 150. The van der Waals surface area contributed by atoms with Gasteiger partial charge in [0.25, 0.3) is 0 Å². The van der Waals surface area contributed by atoms with E-state index in [2.05, 4.69) is 5.32 Å². The SMILES string of the molecule is CC(O)C(C)NC1CCCCC1N. The van der Waals surface area contributed by atoms with Gasteiger partial charge < -0.3 is 16.2 Å². The van der Waals surface area contributed by atoms with Gasteiger partial charge in [0.05, 0.1) is 6.10 Å². The standard InChI is InChI=1S/C10H22N2O/c1-7(8(2)13)12-10-6-4-3-5-9(10)11/h7-10,12-13H,3-6,11H2,1-2H3. The lowest BCUT2D eigenvalue weighted by Gasteiger charge is -2.32. The Labute approximate surface area is 80.7 Å². The lowest BCUT2D eigenvalue weighted by Crippen LogP contribution is -2.52. The number of nitrogens with two attached hydrogens (primary N) is 1. The Morgan fingerprint density at radius 3 is 2.46 bits per heavy atom. The molecule has 0 aromatic rings. The van der Waals surface area contributed by atoms with Crippen LogP contribution in [0.5, 0.6) is 0 Å². The van der Waals surface area contributed by atoms with Crippen LogP contribution in [0, 0.1) is 0 Å². The first-order valence-corrected chi connectivity index (χ1v) is 5.31. The lowest BCUT2D eigenvalue weighted by atomic mass is 9.90. The van der Waals surface area contributed by atoms with Gasteiger partial charge >= 0.3 is 0 Å². The second-order valence-electron chi connectivity index (χ2n) is 4.25. The van der Waals surface area contributed by atoms with Crippen molar-refractivity contribution in [2.24, 2.45) is 5.73 Å². The predicted molar refractivity (Wildman–Crippen MR) is 54.5 cm³/mol. The van der Waals surface area contributed by atoms with Gasteiger partial charge in [-0.2, -0.15) is 0 Å². The third kappa shape index (κ3) is 3.25. The molecule has 1 aliphatic rings. The molecule has 3 heteroatoms. The summed E-state index contributed by atoms with van der Waals surface area (Å²) in [6.45, 7) is 3.82. The summed E-state index contributed by atoms with van der Waals surface area (Å²) < 4.78 is 0. The summed E-state index contributed by atoms with van der Waals surface area (Å²) in [6, 6.07) is 0.822. The molecule has 0 bridgehead atoms. The van der Waals surface area contributed by atoms with E-state index in [1.807, 2.05) is 13.8 Å². The number of hydrogen-bond donors (Lipinski definition) is 3. The van der Waals surface area contributed by atoms with Crippen molar-refractivity contribution in [3.63, 3.8) is 0 Å². The largest absolute Gasteiger partial charge is 0.392 e. The molecule has 0 aromatic carbocycles. The molecule has 0 radical (unpaired) electrons. The van der Waals surface area contributed by atoms with E-state index in [1.54, 1.807) is 0 Å². The van der Waals surface area contributed by atoms with Crippen molar-refractivity contribution in [2.75, 3.05) is 0 Å². The first-order chi connectivity index (χ1) is 6.11. The van der Waals surface area contributed by atoms with Crippen molar-refractivity contribution in [3.05, 3.63) is 0 Å². The highest BCUT2D eigenvalue weighted by molar-refractivity contribution is 4.86. The average molecular weight is 186 g/mol. The van der Waals surface area contributed by atoms with Crippen LogP contribution in [0.2, 0.25) is 0 Å². The quantitative estimate of drug-likeness (QED) is 0.605. The molecule has 1 saturated carbocycles. The molecule has 3 nitrogen and oxygen atoms in total. The first kappa shape index (κ1) is 11.0. The van der Waals surface area contributed by atoms with E-state index in [4.69, 9.17) is 5.73 Å². The number of rotatable bonds is 3. The molecule has 1 rings (SSSR count). The van der Waals surface area contributed by atoms with E-state index in [1.165, 1.54) is 12.8 Å². The smallest absolute Gasteiger partial charge is 0.0662 e. The van der Waals surface area contributed by atoms with Gasteiger partial charge in [-0.25, -0.2) is 0 Å². The van der Waals surface area contributed by atoms with Crippen molar-refractivity contribution in [1.82, 2.24) is 5.32 Å². The van der Waals surface area contributed by atoms with Crippen molar-refractivity contribution in [2.45, 2.75) is 63.8 Å². The minimum atomic E-state index is -0.297. The maximum Gasteiger partial charge on any atom is 0.0662 e. The highest BCUT2D eigenvalue weighted by Crippen LogP contribution is 2.17. The summed E-state index contributed by atoms with van der Waals surface area (Å²) in [7, 11) is 0. The molecule has 1 aliphatic carbocycles. The van der Waals surface area contributed by atoms with Crippen LogP contribution in [0.3, 0.4) is 0 Å². The monoisotopic (exact) mass is 186 g/mol. The van der Waals surface area contributed by atoms with E-state index in [0.717, 1.165) is 12.8 Å². The van der Waals surface area contributed by atoms with Gasteiger partial charge in [-0.05, 0) is 26.7 Å². The zero-order valence-electron chi connectivity index (χ0n) is 8.66. The molecule has 0 amide bonds. The Kier molecular flexibility index (Phi) is 4.16. The molecular weight excluding hydrogens is 164 g/mol. The number of aliphatic hydroxyl groups is 1. The van der Waals surface area contributed by atoms with Crippen molar-refractivity contribution in [3.8, 4) is 0 Å². The van der Waals surface area contributed by atoms with Gasteiger partial charge in [0.2, 0.25) is 0 Å². The summed E-state index contributed by atoms with van der Waals surface area (Å²) in [5.74, 6) is 0. The Morgan fingerprint density at radius 2 is 1.92 bits per heavy atom. The number of aliphatic hydroxyl groups excluding tert-OH is 1. The Balaban J connectivity index is 2.33. The van der Waals surface area contributed by atoms with Crippen LogP contribution in [0.15, 0.2) is 0 Å². The fourth-order valence-electron chi connectivity index (χ4n) is 1.84. The second-order valence-corrected chi connectivity index (χ2v) is 4.25. The van der Waals surface area contributed by atoms with Gasteiger partial charge in [-0.1, -0.05) is 12.8 Å². The highest BCUT2D eigenvalue weighted by atomic mass is 16.3. The fraction of sp³-hybridized carbons (Fsp3) is 1.00. The van der Waals surface area contributed by atoms with Crippen molar-refractivity contribution < 1.29 is 5.11 Å². The van der Waals surface area contributed by atoms with E-state index < -0.39 is 0 Å². The summed E-state index contributed by atoms with van der Waals surface area (Å²) >= 11 is 0. The molecule has 78 valence electrons. The summed E-state index contributed by atoms with van der Waals surface area (Å²) in [5, 5.41) is 12.7. The minimum absolute atomic E-state index is 0.147. The van der Waals surface area contributed by atoms with Gasteiger partial charge in [0.1, 0.15) is 0 Å². The minimum Gasteiger partial charge on any atom is -0.392 e. The topological polar surface area (TPSA) is 58.3 Å². The highest BCUT2D eigenvalue weighted by Gasteiger charge is 2.23. The maximum absolute atomic E-state index is 9.33. The zero-order valence-corrected chi connectivity index (χ0v) is 8.66. The summed E-state index contributed by atoms with van der Waals surface area (Å²) in [5.41, 5.74) is 5.98. The van der Waals surface area contributed by atoms with E-state index in [9.17, 15) is 5.11 Å². The average Bonchev–Trinajstić information content (AvgIpc) is 2.08. The third-order valence-electron chi connectivity index (χ3n) is 3.02. The molecule has 4 unspecified atom stereocenters. The van der Waals surface area contributed by atoms with E-state index >= 15 is 0 Å². The van der Waals surface area contributed by atoms with Crippen LogP contribution >= 0.6 is 0 Å². The molecule has 0 aromatic heterocycles. The van der Waals surface area contributed by atoms with Crippen molar-refractivity contribution >= 4 is 0 Å². The summed E-state index contributed by atoms with van der Waals surface area (Å²) in [6.07, 6.45) is 4.48. The van der Waals surface area contributed by atoms with Crippen LogP contribution < -0.4 is 11.1 Å². The van der Waals surface area contributed by atoms with Gasteiger partial charge in [-0.3, -0.25) is 0 Å². The molecular formula is C10H22N2O. The molecule has 4 N–H and O–H groups in total. The maximum atomic E-state index is 9.33. The van der Waals surface area contributed by atoms with Gasteiger partial charge in [0, 0.05) is 18.1 Å². The van der Waals surface area contributed by atoms with Crippen LogP contribution in [0.1, 0.15) is 39.5 Å². The zero-order chi connectivity index (χ0) is 9.84. The Hall–Kier alpha value is -0.120. The molecule has 0 saturated heterocycles. The predicted octanol–water partition coefficient (Wildman–Crippen LogP) is 0.615. The van der Waals surface area contributed by atoms with E-state index in [0.29, 0.717) is 6.04 Å². The fourth-order valence-corrected chi connectivity index (χ4v) is 1.84. The normalized spacial score (nSPS) is 34.2. The van der Waals surface area contributed by atoms with Crippen LogP contribution in [-0.2, 0) is 0 Å². The van der Waals surface area contributed by atoms with Crippen LogP contribution in [-0.4, -0.2) is 29.3 Å². The third-order valence-corrected chi connectivity index (χ3v) is 3.02. The number of hydrogen-bond acceptors (Lipinski definition) is 3. The van der Waals surface area contributed by atoms with Crippen molar-refractivity contribution in [1.29, 1.82) is 0 Å². The van der Waals surface area contributed by atoms with Gasteiger partial charge in [-0.15, -0.1) is 0 Å². The van der Waals surface area contributed by atoms with Crippen LogP contribution in [0.4, 0.5) is 0 Å². The Morgan fingerprint density at radius 1 is 1.31 bits per heavy atom. The molecule has 13 heavy (non-hydrogen) atoms. The summed E-state index contributed by atoms with van der Waals surface area (Å²) in [4.78, 5) is 0. The van der Waals surface area contributed by atoms with Gasteiger partial charge in [0.15, 0.2) is 0 Å². The number of nitrogens with one attached hydrogen (secondary N) is 1. The second kappa shape index (κ2) is 4.94. The van der Waals surface area contributed by atoms with Crippen LogP contribution in [0.25, 0.3) is 0 Å². The molecule has 0 heterocycles. The lowest BCUT2D eigenvalue weighted by molar-refractivity contribution is 0.137. The first-order valence-electron chi connectivity index (χ1n) is 5.31. The molecule has 0 aliphatic heterocycles. The molecule has 4 atom stereocenters. The molecule has 1 fully saturated rings. The molecule has 0 spiro atoms.